The Morgan fingerprint density at radius 3 is 2.00 bits per heavy atom. The van der Waals surface area contributed by atoms with Crippen LogP contribution in [0.3, 0.4) is 0 Å². The highest BCUT2D eigenvalue weighted by Crippen LogP contribution is 2.49. The van der Waals surface area contributed by atoms with Gasteiger partial charge in [-0.2, -0.15) is 0 Å². The van der Waals surface area contributed by atoms with Gasteiger partial charge in [0.1, 0.15) is 0 Å². The van der Waals surface area contributed by atoms with Crippen molar-refractivity contribution in [2.75, 3.05) is 6.61 Å². The first-order valence-electron chi connectivity index (χ1n) is 6.58. The van der Waals surface area contributed by atoms with E-state index in [4.69, 9.17) is 0 Å². The highest BCUT2D eigenvalue weighted by atomic mass is 16.3. The maximum absolute atomic E-state index is 10.9. The van der Waals surface area contributed by atoms with Gasteiger partial charge in [-0.15, -0.1) is 0 Å². The molecule has 3 unspecified atom stereocenters. The van der Waals surface area contributed by atoms with Gasteiger partial charge in [0.05, 0.1) is 12.2 Å². The summed E-state index contributed by atoms with van der Waals surface area (Å²) in [5.41, 5.74) is -1.08. The molecule has 1 aliphatic rings. The first-order chi connectivity index (χ1) is 7.25. The summed E-state index contributed by atoms with van der Waals surface area (Å²) in [6.45, 7) is 10.7. The van der Waals surface area contributed by atoms with Crippen LogP contribution in [0.1, 0.15) is 53.9 Å². The SMILES string of the molecule is CC1CC(C)CC(O)(C(C)(CO)C(C)C)C1. The zero-order chi connectivity index (χ0) is 12.6. The van der Waals surface area contributed by atoms with E-state index in [1.54, 1.807) is 0 Å². The van der Waals surface area contributed by atoms with E-state index >= 15 is 0 Å². The maximum Gasteiger partial charge on any atom is 0.0730 e. The Kier molecular flexibility index (Phi) is 4.07. The van der Waals surface area contributed by atoms with Gasteiger partial charge in [-0.3, -0.25) is 0 Å². The molecule has 1 saturated carbocycles. The maximum atomic E-state index is 10.9. The van der Waals surface area contributed by atoms with Crippen molar-refractivity contribution in [2.24, 2.45) is 23.2 Å². The Hall–Kier alpha value is -0.0800. The van der Waals surface area contributed by atoms with Crippen molar-refractivity contribution in [3.8, 4) is 0 Å². The van der Waals surface area contributed by atoms with E-state index in [-0.39, 0.29) is 12.0 Å². The van der Waals surface area contributed by atoms with Crippen molar-refractivity contribution >= 4 is 0 Å². The number of hydrogen-bond donors (Lipinski definition) is 2. The Morgan fingerprint density at radius 1 is 1.25 bits per heavy atom. The van der Waals surface area contributed by atoms with Crippen LogP contribution < -0.4 is 0 Å². The first-order valence-corrected chi connectivity index (χ1v) is 6.58. The largest absolute Gasteiger partial charge is 0.396 e. The summed E-state index contributed by atoms with van der Waals surface area (Å²) in [7, 11) is 0. The van der Waals surface area contributed by atoms with E-state index in [0.717, 1.165) is 12.8 Å². The van der Waals surface area contributed by atoms with Gasteiger partial charge in [0.15, 0.2) is 0 Å². The van der Waals surface area contributed by atoms with Crippen LogP contribution in [0.4, 0.5) is 0 Å². The summed E-state index contributed by atoms with van der Waals surface area (Å²) in [5.74, 6) is 1.40. The quantitative estimate of drug-likeness (QED) is 0.780. The average molecular weight is 228 g/mol. The molecule has 1 aliphatic carbocycles. The van der Waals surface area contributed by atoms with E-state index in [9.17, 15) is 10.2 Å². The second kappa shape index (κ2) is 4.66. The molecule has 2 N–H and O–H groups in total. The van der Waals surface area contributed by atoms with Gasteiger partial charge in [0.25, 0.3) is 0 Å². The molecular weight excluding hydrogens is 200 g/mol. The summed E-state index contributed by atoms with van der Waals surface area (Å²) in [5, 5.41) is 20.6. The minimum absolute atomic E-state index is 0.0700. The molecule has 0 amide bonds. The molecule has 2 nitrogen and oxygen atoms in total. The lowest BCUT2D eigenvalue weighted by Crippen LogP contribution is -2.55. The highest BCUT2D eigenvalue weighted by Gasteiger charge is 2.51. The molecule has 0 heterocycles. The van der Waals surface area contributed by atoms with Crippen molar-refractivity contribution in [1.82, 2.24) is 0 Å². The van der Waals surface area contributed by atoms with Crippen molar-refractivity contribution in [3.05, 3.63) is 0 Å². The molecule has 16 heavy (non-hydrogen) atoms. The molecule has 0 saturated heterocycles. The Balaban J connectivity index is 2.97. The number of rotatable bonds is 3. The molecule has 2 heteroatoms. The van der Waals surface area contributed by atoms with Crippen LogP contribution >= 0.6 is 0 Å². The van der Waals surface area contributed by atoms with Gasteiger partial charge in [0, 0.05) is 5.41 Å². The van der Waals surface area contributed by atoms with Crippen molar-refractivity contribution in [2.45, 2.75) is 59.5 Å². The van der Waals surface area contributed by atoms with E-state index in [0.29, 0.717) is 17.8 Å². The Labute approximate surface area is 100 Å². The monoisotopic (exact) mass is 228 g/mol. The predicted molar refractivity (Wildman–Crippen MR) is 67.2 cm³/mol. The molecule has 0 radical (unpaired) electrons. The summed E-state index contributed by atoms with van der Waals surface area (Å²) in [6.07, 6.45) is 2.85. The predicted octanol–water partition coefficient (Wildman–Crippen LogP) is 2.83. The van der Waals surface area contributed by atoms with Gasteiger partial charge >= 0.3 is 0 Å². The van der Waals surface area contributed by atoms with Crippen LogP contribution in [-0.4, -0.2) is 22.4 Å². The van der Waals surface area contributed by atoms with Crippen LogP contribution in [0.2, 0.25) is 0 Å². The van der Waals surface area contributed by atoms with E-state index in [2.05, 4.69) is 27.7 Å². The summed E-state index contributed by atoms with van der Waals surface area (Å²) < 4.78 is 0. The van der Waals surface area contributed by atoms with Gasteiger partial charge in [0.2, 0.25) is 0 Å². The van der Waals surface area contributed by atoms with E-state index in [1.807, 2.05) is 6.92 Å². The van der Waals surface area contributed by atoms with Gasteiger partial charge in [-0.05, 0) is 37.0 Å². The molecular formula is C14H28O2. The fraction of sp³-hybridized carbons (Fsp3) is 1.00. The third-order valence-electron chi connectivity index (χ3n) is 4.84. The van der Waals surface area contributed by atoms with Crippen LogP contribution in [-0.2, 0) is 0 Å². The summed E-state index contributed by atoms with van der Waals surface area (Å²) in [4.78, 5) is 0. The van der Waals surface area contributed by atoms with Crippen molar-refractivity contribution in [3.63, 3.8) is 0 Å². The molecule has 0 aromatic carbocycles. The molecule has 1 fully saturated rings. The zero-order valence-corrected chi connectivity index (χ0v) is 11.5. The van der Waals surface area contributed by atoms with Crippen LogP contribution in [0.5, 0.6) is 0 Å². The molecule has 0 aromatic heterocycles. The fourth-order valence-corrected chi connectivity index (χ4v) is 3.42. The lowest BCUT2D eigenvalue weighted by Gasteiger charge is -2.52. The smallest absolute Gasteiger partial charge is 0.0730 e. The van der Waals surface area contributed by atoms with Crippen LogP contribution in [0.15, 0.2) is 0 Å². The topological polar surface area (TPSA) is 40.5 Å². The molecule has 0 spiro atoms. The summed E-state index contributed by atoms with van der Waals surface area (Å²) in [6, 6.07) is 0. The lowest BCUT2D eigenvalue weighted by atomic mass is 9.58. The average Bonchev–Trinajstić information content (AvgIpc) is 2.13. The molecule has 0 bridgehead atoms. The van der Waals surface area contributed by atoms with Gasteiger partial charge in [-0.1, -0.05) is 34.6 Å². The highest BCUT2D eigenvalue weighted by molar-refractivity contribution is 5.01. The molecule has 1 rings (SSSR count). The lowest BCUT2D eigenvalue weighted by molar-refractivity contribution is -0.160. The second-order valence-corrected chi connectivity index (χ2v) is 6.62. The van der Waals surface area contributed by atoms with Crippen molar-refractivity contribution < 1.29 is 10.2 Å². The van der Waals surface area contributed by atoms with Gasteiger partial charge < -0.3 is 10.2 Å². The molecule has 0 aliphatic heterocycles. The Morgan fingerprint density at radius 2 is 1.69 bits per heavy atom. The number of aliphatic hydroxyl groups is 2. The Bertz CT molecular complexity index is 227. The third kappa shape index (κ3) is 2.28. The zero-order valence-electron chi connectivity index (χ0n) is 11.5. The molecule has 0 aromatic rings. The summed E-state index contributed by atoms with van der Waals surface area (Å²) >= 11 is 0. The second-order valence-electron chi connectivity index (χ2n) is 6.62. The minimum Gasteiger partial charge on any atom is -0.396 e. The number of hydrogen-bond acceptors (Lipinski definition) is 2. The molecule has 3 atom stereocenters. The molecule has 96 valence electrons. The van der Waals surface area contributed by atoms with Crippen molar-refractivity contribution in [1.29, 1.82) is 0 Å². The standard InChI is InChI=1S/C14H28O2/c1-10(2)13(5,9-15)14(16)7-11(3)6-12(4)8-14/h10-12,15-16H,6-9H2,1-5H3. The van der Waals surface area contributed by atoms with Crippen LogP contribution in [0.25, 0.3) is 0 Å². The van der Waals surface area contributed by atoms with E-state index < -0.39 is 5.60 Å². The normalized spacial score (nSPS) is 39.8. The number of aliphatic hydroxyl groups excluding tert-OH is 1. The minimum atomic E-state index is -0.701. The fourth-order valence-electron chi connectivity index (χ4n) is 3.42. The third-order valence-corrected chi connectivity index (χ3v) is 4.84. The van der Waals surface area contributed by atoms with Crippen LogP contribution in [0, 0.1) is 23.2 Å². The van der Waals surface area contributed by atoms with E-state index in [1.165, 1.54) is 6.42 Å². The van der Waals surface area contributed by atoms with Gasteiger partial charge in [-0.25, -0.2) is 0 Å². The first kappa shape index (κ1) is 14.0.